The highest BCUT2D eigenvalue weighted by Crippen LogP contribution is 2.05. The van der Waals surface area contributed by atoms with Crippen LogP contribution in [0.25, 0.3) is 0 Å². The molecule has 0 rings (SSSR count). The van der Waals surface area contributed by atoms with E-state index < -0.39 is 42.1 Å². The van der Waals surface area contributed by atoms with Crippen LogP contribution < -0.4 is 54.6 Å². The molecular formula is C33H74N12O11. The number of nitrogens with two attached hydrogens (primary N) is 5. The third-order valence-corrected chi connectivity index (χ3v) is 6.06. The minimum Gasteiger partial charge on any atom is -0.550 e. The number of likely N-dealkylation sites (N-methyl/N-ethyl adjacent to an activating group) is 3. The van der Waals surface area contributed by atoms with E-state index in [4.69, 9.17) is 48.7 Å². The summed E-state index contributed by atoms with van der Waals surface area (Å²) in [4.78, 5) is 50.2. The van der Waals surface area contributed by atoms with E-state index in [-0.39, 0.29) is 36.8 Å². The van der Waals surface area contributed by atoms with Gasteiger partial charge in [-0.3, -0.25) is 20.4 Å². The summed E-state index contributed by atoms with van der Waals surface area (Å²) in [6, 6.07) is -1.75. The van der Waals surface area contributed by atoms with E-state index in [0.29, 0.717) is 67.4 Å². The molecule has 16 N–H and O–H groups in total. The van der Waals surface area contributed by atoms with Crippen LogP contribution in [-0.4, -0.2) is 192 Å². The van der Waals surface area contributed by atoms with Gasteiger partial charge in [-0.2, -0.15) is 0 Å². The average molecular weight is 815 g/mol. The Hall–Kier alpha value is -4.39. The number of carbonyl (C=O) groups excluding carboxylic acids is 4. The molecule has 332 valence electrons. The summed E-state index contributed by atoms with van der Waals surface area (Å²) in [6.07, 6.45) is 0.453. The zero-order chi connectivity index (χ0) is 45.5. The third-order valence-electron chi connectivity index (χ3n) is 6.06. The summed E-state index contributed by atoms with van der Waals surface area (Å²) in [5.41, 5.74) is 24.8. The van der Waals surface area contributed by atoms with Gasteiger partial charge in [-0.05, 0) is 25.7 Å². The van der Waals surface area contributed by atoms with E-state index in [9.17, 15) is 39.3 Å². The van der Waals surface area contributed by atoms with Crippen molar-refractivity contribution in [1.82, 2.24) is 10.6 Å². The van der Waals surface area contributed by atoms with Crippen molar-refractivity contribution in [3.05, 3.63) is 0 Å². The molecule has 56 heavy (non-hydrogen) atoms. The summed E-state index contributed by atoms with van der Waals surface area (Å²) in [7, 11) is 18.0. The van der Waals surface area contributed by atoms with Gasteiger partial charge in [0.15, 0.2) is 11.9 Å². The molecule has 0 aromatic carbocycles. The molecule has 0 aromatic rings. The number of aliphatic carboxylic acids is 4. The highest BCUT2D eigenvalue weighted by Gasteiger charge is 2.20. The predicted molar refractivity (Wildman–Crippen MR) is 205 cm³/mol. The maximum Gasteiger partial charge on any atom is 0.320 e. The number of carboxylic acid groups (broad SMARTS) is 4. The lowest BCUT2D eigenvalue weighted by atomic mass is 10.2. The number of aliphatic hydroxyl groups is 1. The van der Waals surface area contributed by atoms with E-state index in [1.165, 1.54) is 6.92 Å². The van der Waals surface area contributed by atoms with Crippen LogP contribution in [0.5, 0.6) is 0 Å². The van der Waals surface area contributed by atoms with Crippen LogP contribution in [0.2, 0.25) is 0 Å². The summed E-state index contributed by atoms with van der Waals surface area (Å²) < 4.78 is 7.69. The highest BCUT2D eigenvalue weighted by atomic mass is 16.5. The number of carbonyl (C=O) groups is 5. The van der Waals surface area contributed by atoms with Crippen LogP contribution >= 0.6 is 0 Å². The van der Waals surface area contributed by atoms with Gasteiger partial charge in [-0.15, -0.1) is 0 Å². The zero-order valence-corrected chi connectivity index (χ0v) is 35.1. The maximum absolute atomic E-state index is 10.7. The Morgan fingerprint density at radius 3 is 1.36 bits per heavy atom. The Morgan fingerprint density at radius 1 is 0.696 bits per heavy atom. The standard InChI is InChI=1S/C12H27N2O3.C7H15NO3.2C6H14N4O2.C2H5NO/c1-13(2,3)7-8-17-11(9-12(15)16)10-14(4,5)6;1-8(2,3)5-6(9)4-7(10)11;2*7-4(5(11)12)2-1-3-10-6(8)9;1-2(3)4/h11H,7-10H2,1-6H3;6,9H,4-5H2,1-3H3;2*4H,1-3,7H2,(H,11,12)(H4,8,9,10);1H3,(H2,3,4)/q+1;;;;/p-1/t;;2*4-;/m..00./s1. The Bertz CT molecular complexity index is 1100. The highest BCUT2D eigenvalue weighted by molar-refractivity contribution is 5.75. The number of carboxylic acids is 4. The second kappa shape index (κ2) is 32.8. The van der Waals surface area contributed by atoms with Gasteiger partial charge in [0.1, 0.15) is 37.9 Å². The number of hydrogen-bond donors (Lipinski definition) is 11. The van der Waals surface area contributed by atoms with Gasteiger partial charge in [0.05, 0.1) is 76.0 Å². The number of ether oxygens (including phenoxy) is 1. The summed E-state index contributed by atoms with van der Waals surface area (Å²) in [5.74, 6) is -5.08. The summed E-state index contributed by atoms with van der Waals surface area (Å²) in [6.45, 7) is 4.77. The molecule has 0 spiro atoms. The predicted octanol–water partition coefficient (Wildman–Crippen LogP) is -7.40. The molecule has 0 saturated heterocycles. The number of nitrogens with zero attached hydrogens (tertiary/aromatic N) is 3. The van der Waals surface area contributed by atoms with E-state index >= 15 is 0 Å². The first-order valence-electron chi connectivity index (χ1n) is 17.6. The van der Waals surface area contributed by atoms with Gasteiger partial charge >= 0.3 is 5.97 Å². The number of quaternary nitrogens is 3. The van der Waals surface area contributed by atoms with Crippen LogP contribution in [0, 0.1) is 10.8 Å². The van der Waals surface area contributed by atoms with E-state index in [1.54, 1.807) is 0 Å². The fourth-order valence-electron chi connectivity index (χ4n) is 3.69. The molecule has 1 amide bonds. The number of nitrogens with one attached hydrogen (secondary N) is 4. The SMILES string of the molecule is CC(N)=O.C[N+](C)(C)CC(O)CC(=O)[O-].C[N+](C)(C)CCOC(CC(=O)[O-])C[N+](C)(C)C.N=C(N)NCCC[C@H](N)C(=O)O.N=C(N)NCCC[C@H](N)C(=O)[O-]. The fourth-order valence-corrected chi connectivity index (χ4v) is 3.69. The number of amides is 1. The van der Waals surface area contributed by atoms with Crippen LogP contribution in [-0.2, 0) is 28.7 Å². The molecule has 4 atom stereocenters. The van der Waals surface area contributed by atoms with Crippen LogP contribution in [0.15, 0.2) is 0 Å². The second-order valence-corrected chi connectivity index (χ2v) is 15.7. The first-order valence-corrected chi connectivity index (χ1v) is 17.6. The normalized spacial score (nSPS) is 12.9. The molecule has 0 radical (unpaired) electrons. The zero-order valence-electron chi connectivity index (χ0n) is 35.1. The van der Waals surface area contributed by atoms with Crippen LogP contribution in [0.4, 0.5) is 0 Å². The number of rotatable bonds is 22. The fraction of sp³-hybridized carbons (Fsp3) is 0.788. The van der Waals surface area contributed by atoms with Gasteiger partial charge < -0.3 is 97.4 Å². The van der Waals surface area contributed by atoms with E-state index in [2.05, 4.69) is 37.5 Å². The van der Waals surface area contributed by atoms with Crippen molar-refractivity contribution in [2.45, 2.75) is 69.7 Å². The van der Waals surface area contributed by atoms with Gasteiger partial charge in [0.25, 0.3) is 0 Å². The minimum atomic E-state index is -1.25. The Morgan fingerprint density at radius 2 is 1.07 bits per heavy atom. The molecule has 0 aliphatic carbocycles. The molecule has 23 nitrogen and oxygen atoms in total. The first-order chi connectivity index (χ1) is 25.1. The van der Waals surface area contributed by atoms with Crippen molar-refractivity contribution in [2.75, 3.05) is 103 Å². The molecule has 0 aliphatic rings. The number of aliphatic hydroxyl groups excluding tert-OH is 1. The molecule has 2 unspecified atom stereocenters. The third kappa shape index (κ3) is 64.6. The maximum atomic E-state index is 10.7. The minimum absolute atomic E-state index is 0.0351. The van der Waals surface area contributed by atoms with Gasteiger partial charge in [0, 0.05) is 50.8 Å². The summed E-state index contributed by atoms with van der Waals surface area (Å²) in [5, 5.41) is 66.9. The Balaban J connectivity index is -0.000000202. The van der Waals surface area contributed by atoms with Gasteiger partial charge in [-0.25, -0.2) is 0 Å². The van der Waals surface area contributed by atoms with Crippen molar-refractivity contribution in [2.24, 2.45) is 28.7 Å². The Labute approximate surface area is 331 Å². The largest absolute Gasteiger partial charge is 0.550 e. The molecule has 0 aliphatic heterocycles. The molecule has 0 heterocycles. The smallest absolute Gasteiger partial charge is 0.320 e. The molecule has 0 aromatic heterocycles. The van der Waals surface area contributed by atoms with E-state index in [0.717, 1.165) is 11.0 Å². The quantitative estimate of drug-likeness (QED) is 0.0209. The number of primary amides is 1. The number of guanidine groups is 2. The van der Waals surface area contributed by atoms with Crippen LogP contribution in [0.1, 0.15) is 45.4 Å². The van der Waals surface area contributed by atoms with Crippen molar-refractivity contribution in [3.8, 4) is 0 Å². The number of hydrogen-bond acceptors (Lipinski definition) is 14. The van der Waals surface area contributed by atoms with Crippen LogP contribution in [0.3, 0.4) is 0 Å². The molecule has 0 bridgehead atoms. The van der Waals surface area contributed by atoms with Crippen molar-refractivity contribution < 1.29 is 67.7 Å². The van der Waals surface area contributed by atoms with Crippen molar-refractivity contribution in [3.63, 3.8) is 0 Å². The monoisotopic (exact) mass is 815 g/mol. The average Bonchev–Trinajstić information content (AvgIpc) is 2.94. The second-order valence-electron chi connectivity index (χ2n) is 15.7. The van der Waals surface area contributed by atoms with Crippen molar-refractivity contribution >= 4 is 41.7 Å². The molecule has 0 saturated carbocycles. The lowest BCUT2D eigenvalue weighted by Gasteiger charge is -2.30. The van der Waals surface area contributed by atoms with E-state index in [1.807, 2.05) is 42.3 Å². The molecule has 0 fully saturated rings. The van der Waals surface area contributed by atoms with Crippen molar-refractivity contribution in [1.29, 1.82) is 10.8 Å². The van der Waals surface area contributed by atoms with Gasteiger partial charge in [0.2, 0.25) is 5.91 Å². The molecule has 23 heteroatoms. The lowest BCUT2D eigenvalue weighted by Crippen LogP contribution is -2.46. The lowest BCUT2D eigenvalue weighted by molar-refractivity contribution is -0.876. The first kappa shape index (κ1) is 60.8. The van der Waals surface area contributed by atoms with Gasteiger partial charge in [-0.1, -0.05) is 0 Å². The Kier molecular flexibility index (Phi) is 35.7. The topological polar surface area (TPSA) is 406 Å². The molecular weight excluding hydrogens is 740 g/mol. The summed E-state index contributed by atoms with van der Waals surface area (Å²) >= 11 is 0.